The lowest BCUT2D eigenvalue weighted by Gasteiger charge is -2.10. The van der Waals surface area contributed by atoms with Crippen LogP contribution in [0.2, 0.25) is 5.02 Å². The van der Waals surface area contributed by atoms with Crippen LogP contribution in [0.1, 0.15) is 5.56 Å². The van der Waals surface area contributed by atoms with Crippen LogP contribution in [0.3, 0.4) is 0 Å². The van der Waals surface area contributed by atoms with E-state index < -0.39 is 27.6 Å². The minimum atomic E-state index is -4.65. The molecule has 0 unspecified atom stereocenters. The van der Waals surface area contributed by atoms with Gasteiger partial charge in [-0.1, -0.05) is 23.4 Å². The van der Waals surface area contributed by atoms with E-state index in [4.69, 9.17) is 17.3 Å². The fraction of sp³-hybridized carbons (Fsp3) is 0.273. The largest absolute Gasteiger partial charge is 0.402 e. The van der Waals surface area contributed by atoms with Gasteiger partial charge in [0.05, 0.1) is 11.6 Å². The number of sulfonamides is 1. The molecule has 0 fully saturated rings. The van der Waals surface area contributed by atoms with Crippen LogP contribution in [0.15, 0.2) is 23.1 Å². The Bertz CT molecular complexity index is 648. The molecule has 9 heteroatoms. The van der Waals surface area contributed by atoms with Crippen molar-refractivity contribution in [3.05, 3.63) is 28.8 Å². The van der Waals surface area contributed by atoms with Gasteiger partial charge in [0.25, 0.3) is 0 Å². The van der Waals surface area contributed by atoms with Crippen molar-refractivity contribution in [2.75, 3.05) is 13.1 Å². The van der Waals surface area contributed by atoms with E-state index in [1.54, 1.807) is 0 Å². The van der Waals surface area contributed by atoms with Gasteiger partial charge in [-0.3, -0.25) is 0 Å². The highest BCUT2D eigenvalue weighted by molar-refractivity contribution is 7.89. The van der Waals surface area contributed by atoms with Crippen LogP contribution in [-0.4, -0.2) is 27.7 Å². The molecule has 1 aromatic carbocycles. The predicted molar refractivity (Wildman–Crippen MR) is 68.6 cm³/mol. The summed E-state index contributed by atoms with van der Waals surface area (Å²) >= 11 is 5.74. The lowest BCUT2D eigenvalue weighted by atomic mass is 10.2. The molecule has 0 saturated heterocycles. The molecule has 0 aliphatic rings. The van der Waals surface area contributed by atoms with Crippen LogP contribution in [-0.2, 0) is 10.0 Å². The molecule has 0 heterocycles. The minimum absolute atomic E-state index is 0.116. The predicted octanol–water partition coefficient (Wildman–Crippen LogP) is 1.49. The zero-order valence-electron chi connectivity index (χ0n) is 9.96. The van der Waals surface area contributed by atoms with Crippen molar-refractivity contribution in [3.8, 4) is 11.8 Å². The second-order valence-corrected chi connectivity index (χ2v) is 5.73. The third kappa shape index (κ3) is 5.02. The summed E-state index contributed by atoms with van der Waals surface area (Å²) in [6.45, 7) is -1.55. The third-order valence-electron chi connectivity index (χ3n) is 2.02. The smallest absolute Gasteiger partial charge is 0.320 e. The van der Waals surface area contributed by atoms with E-state index in [9.17, 15) is 21.6 Å². The molecule has 0 atom stereocenters. The van der Waals surface area contributed by atoms with Gasteiger partial charge in [-0.2, -0.15) is 13.2 Å². The molecule has 0 saturated carbocycles. The molecule has 0 aliphatic heterocycles. The molecule has 0 amide bonds. The zero-order chi connectivity index (χ0) is 15.4. The molecule has 0 aliphatic carbocycles. The summed E-state index contributed by atoms with van der Waals surface area (Å²) in [6.07, 6.45) is -4.65. The first kappa shape index (κ1) is 16.8. The van der Waals surface area contributed by atoms with E-state index in [0.717, 1.165) is 6.07 Å². The van der Waals surface area contributed by atoms with E-state index in [1.165, 1.54) is 16.9 Å². The summed E-state index contributed by atoms with van der Waals surface area (Å²) in [7, 11) is -4.34. The molecule has 1 aromatic rings. The standard InChI is InChI=1S/C11H10ClF3N2O2S/c12-9-6-8(2-1-5-16)3-4-10(9)20(18,19)17-7-11(13,14)15/h3-4,6,17H,5,7,16H2. The molecule has 1 rings (SSSR count). The van der Waals surface area contributed by atoms with E-state index in [1.807, 2.05) is 0 Å². The summed E-state index contributed by atoms with van der Waals surface area (Å²) in [5.74, 6) is 5.17. The average molecular weight is 327 g/mol. The Morgan fingerprint density at radius 3 is 2.50 bits per heavy atom. The maximum atomic E-state index is 12.0. The lowest BCUT2D eigenvalue weighted by Crippen LogP contribution is -2.33. The Morgan fingerprint density at radius 2 is 2.00 bits per heavy atom. The Kier molecular flexibility index (Phi) is 5.42. The molecule has 4 nitrogen and oxygen atoms in total. The number of hydrogen-bond acceptors (Lipinski definition) is 3. The van der Waals surface area contributed by atoms with Gasteiger partial charge in [0.2, 0.25) is 10.0 Å². The zero-order valence-corrected chi connectivity index (χ0v) is 11.5. The Labute approximate surface area is 119 Å². The highest BCUT2D eigenvalue weighted by Crippen LogP contribution is 2.23. The van der Waals surface area contributed by atoms with Crippen LogP contribution in [0.5, 0.6) is 0 Å². The second kappa shape index (κ2) is 6.45. The van der Waals surface area contributed by atoms with Crippen LogP contribution in [0.4, 0.5) is 13.2 Å². The van der Waals surface area contributed by atoms with Crippen LogP contribution >= 0.6 is 11.6 Å². The van der Waals surface area contributed by atoms with Crippen molar-refractivity contribution >= 4 is 21.6 Å². The van der Waals surface area contributed by atoms with Gasteiger partial charge in [-0.15, -0.1) is 0 Å². The Hall–Kier alpha value is -1.27. The first-order chi connectivity index (χ1) is 9.15. The van der Waals surface area contributed by atoms with Gasteiger partial charge < -0.3 is 5.73 Å². The maximum Gasteiger partial charge on any atom is 0.402 e. The van der Waals surface area contributed by atoms with Crippen LogP contribution < -0.4 is 10.5 Å². The van der Waals surface area contributed by atoms with Crippen molar-refractivity contribution in [2.24, 2.45) is 5.73 Å². The third-order valence-corrected chi connectivity index (χ3v) is 3.90. The van der Waals surface area contributed by atoms with Gasteiger partial charge in [0, 0.05) is 5.56 Å². The van der Waals surface area contributed by atoms with E-state index in [0.29, 0.717) is 5.56 Å². The van der Waals surface area contributed by atoms with Crippen molar-refractivity contribution in [2.45, 2.75) is 11.1 Å². The summed E-state index contributed by atoms with van der Waals surface area (Å²) in [5, 5.41) is -0.219. The molecule has 0 aromatic heterocycles. The van der Waals surface area contributed by atoms with Crippen LogP contribution in [0, 0.1) is 11.8 Å². The van der Waals surface area contributed by atoms with E-state index in [-0.39, 0.29) is 11.6 Å². The fourth-order valence-electron chi connectivity index (χ4n) is 1.20. The fourth-order valence-corrected chi connectivity index (χ4v) is 2.76. The number of hydrogen-bond donors (Lipinski definition) is 2. The molecular weight excluding hydrogens is 317 g/mol. The first-order valence-corrected chi connectivity index (χ1v) is 7.07. The summed E-state index contributed by atoms with van der Waals surface area (Å²) in [4.78, 5) is -0.443. The molecular formula is C11H10ClF3N2O2S. The number of alkyl halides is 3. The van der Waals surface area contributed by atoms with Crippen molar-refractivity contribution in [1.82, 2.24) is 4.72 Å². The van der Waals surface area contributed by atoms with Gasteiger partial charge >= 0.3 is 6.18 Å². The van der Waals surface area contributed by atoms with Gasteiger partial charge in [-0.25, -0.2) is 13.1 Å². The number of rotatable bonds is 3. The topological polar surface area (TPSA) is 72.2 Å². The second-order valence-electron chi connectivity index (χ2n) is 3.59. The molecule has 0 bridgehead atoms. The summed E-state index contributed by atoms with van der Waals surface area (Å²) in [5.41, 5.74) is 5.59. The van der Waals surface area contributed by atoms with Crippen molar-refractivity contribution < 1.29 is 21.6 Å². The number of nitrogens with one attached hydrogen (secondary N) is 1. The number of halogens is 4. The van der Waals surface area contributed by atoms with Gasteiger partial charge in [0.15, 0.2) is 0 Å². The quantitative estimate of drug-likeness (QED) is 0.827. The Morgan fingerprint density at radius 1 is 1.35 bits per heavy atom. The van der Waals surface area contributed by atoms with Crippen LogP contribution in [0.25, 0.3) is 0 Å². The molecule has 20 heavy (non-hydrogen) atoms. The normalized spacial score (nSPS) is 11.8. The van der Waals surface area contributed by atoms with E-state index in [2.05, 4.69) is 11.8 Å². The molecule has 0 radical (unpaired) electrons. The van der Waals surface area contributed by atoms with Gasteiger partial charge in [-0.05, 0) is 18.2 Å². The average Bonchev–Trinajstić information content (AvgIpc) is 2.33. The van der Waals surface area contributed by atoms with Crippen molar-refractivity contribution in [3.63, 3.8) is 0 Å². The number of benzene rings is 1. The lowest BCUT2D eigenvalue weighted by molar-refractivity contribution is -0.121. The first-order valence-electron chi connectivity index (χ1n) is 5.20. The molecule has 0 spiro atoms. The monoisotopic (exact) mass is 326 g/mol. The van der Waals surface area contributed by atoms with E-state index >= 15 is 0 Å². The highest BCUT2D eigenvalue weighted by atomic mass is 35.5. The summed E-state index contributed by atoms with van der Waals surface area (Å²) < 4.78 is 60.8. The Balaban J connectivity index is 3.02. The number of nitrogens with two attached hydrogens (primary N) is 1. The molecule has 110 valence electrons. The SMILES string of the molecule is NCC#Cc1ccc(S(=O)(=O)NCC(F)(F)F)c(Cl)c1. The van der Waals surface area contributed by atoms with Gasteiger partial charge in [0.1, 0.15) is 11.4 Å². The highest BCUT2D eigenvalue weighted by Gasteiger charge is 2.30. The summed E-state index contributed by atoms with van der Waals surface area (Å²) in [6, 6.07) is 3.66. The maximum absolute atomic E-state index is 12.0. The minimum Gasteiger partial charge on any atom is -0.320 e. The van der Waals surface area contributed by atoms with Crippen molar-refractivity contribution in [1.29, 1.82) is 0 Å². The molecule has 3 N–H and O–H groups in total.